The van der Waals surface area contributed by atoms with E-state index in [2.05, 4.69) is 21.7 Å². The first-order chi connectivity index (χ1) is 6.24. The van der Waals surface area contributed by atoms with Crippen LogP contribution in [-0.2, 0) is 14.2 Å². The van der Waals surface area contributed by atoms with Gasteiger partial charge in [0.05, 0.1) is 19.8 Å². The normalized spacial score (nSPS) is 10.8. The Labute approximate surface area is 83.2 Å². The maximum Gasteiger partial charge on any atom is 0.352 e. The summed E-state index contributed by atoms with van der Waals surface area (Å²) in [7, 11) is 3.04. The van der Waals surface area contributed by atoms with Gasteiger partial charge >= 0.3 is 5.97 Å². The predicted molar refractivity (Wildman–Crippen MR) is 51.1 cm³/mol. The summed E-state index contributed by atoms with van der Waals surface area (Å²) in [4.78, 5) is 0. The molecule has 0 aliphatic carbocycles. The van der Waals surface area contributed by atoms with Gasteiger partial charge in [0.15, 0.2) is 0 Å². The van der Waals surface area contributed by atoms with Crippen molar-refractivity contribution in [2.24, 2.45) is 0 Å². The average molecular weight is 199 g/mol. The van der Waals surface area contributed by atoms with Crippen LogP contribution in [0.2, 0.25) is 0 Å². The molecule has 0 aromatic carbocycles. The smallest absolute Gasteiger partial charge is 0.317 e. The van der Waals surface area contributed by atoms with E-state index in [4.69, 9.17) is 14.2 Å². The van der Waals surface area contributed by atoms with Crippen molar-refractivity contribution < 1.29 is 14.2 Å². The minimum atomic E-state index is -1.21. The van der Waals surface area contributed by atoms with Crippen molar-refractivity contribution in [2.75, 3.05) is 19.8 Å². The monoisotopic (exact) mass is 199 g/mol. The van der Waals surface area contributed by atoms with E-state index in [0.29, 0.717) is 19.8 Å². The second kappa shape index (κ2) is 7.10. The van der Waals surface area contributed by atoms with E-state index >= 15 is 0 Å². The Balaban J connectivity index is 4.44. The Morgan fingerprint density at radius 1 is 1.00 bits per heavy atom. The Morgan fingerprint density at radius 3 is 1.62 bits per heavy atom. The van der Waals surface area contributed by atoms with E-state index in [-0.39, 0.29) is 0 Å². The summed E-state index contributed by atoms with van der Waals surface area (Å²) in [6, 6.07) is 0. The molecule has 0 fully saturated rings. The molecule has 0 atom stereocenters. The van der Waals surface area contributed by atoms with Crippen molar-refractivity contribution in [3.05, 3.63) is 0 Å². The van der Waals surface area contributed by atoms with E-state index in [0.717, 1.165) is 0 Å². The average Bonchev–Trinajstić information content (AvgIpc) is 2.06. The Hall–Kier alpha value is -0.343. The van der Waals surface area contributed by atoms with E-state index in [9.17, 15) is 0 Å². The highest BCUT2D eigenvalue weighted by Crippen LogP contribution is 2.14. The zero-order chi connectivity index (χ0) is 10.2. The molecule has 3 nitrogen and oxygen atoms in total. The SMILES string of the molecule is CCOC(C#C[Si])(OCC)OCC. The van der Waals surface area contributed by atoms with E-state index < -0.39 is 5.97 Å². The second-order valence-corrected chi connectivity index (χ2v) is 2.36. The first-order valence-electron chi connectivity index (χ1n) is 4.35. The van der Waals surface area contributed by atoms with Crippen LogP contribution in [0.15, 0.2) is 0 Å². The van der Waals surface area contributed by atoms with Crippen molar-refractivity contribution in [1.29, 1.82) is 0 Å². The number of rotatable bonds is 6. The molecule has 0 unspecified atom stereocenters. The number of ether oxygens (including phenoxy) is 3. The summed E-state index contributed by atoms with van der Waals surface area (Å²) in [6.07, 6.45) is 0. The molecule has 0 heterocycles. The molecule has 0 spiro atoms. The van der Waals surface area contributed by atoms with Gasteiger partial charge in [-0.1, -0.05) is 0 Å². The van der Waals surface area contributed by atoms with E-state index in [1.54, 1.807) is 0 Å². The Kier molecular flexibility index (Phi) is 6.91. The van der Waals surface area contributed by atoms with Crippen molar-refractivity contribution in [2.45, 2.75) is 26.7 Å². The van der Waals surface area contributed by atoms with Crippen LogP contribution in [0.25, 0.3) is 0 Å². The quantitative estimate of drug-likeness (QED) is 0.361. The molecule has 0 aromatic rings. The highest BCUT2D eigenvalue weighted by molar-refractivity contribution is 6.22. The molecule has 0 aliphatic rings. The molecule has 13 heavy (non-hydrogen) atoms. The maximum atomic E-state index is 5.30. The molecule has 0 saturated carbocycles. The molecular weight excluding hydrogens is 184 g/mol. The molecule has 73 valence electrons. The minimum Gasteiger partial charge on any atom is -0.317 e. The first kappa shape index (κ1) is 12.7. The van der Waals surface area contributed by atoms with Gasteiger partial charge in [0.2, 0.25) is 0 Å². The third kappa shape index (κ3) is 4.43. The molecule has 0 aromatic heterocycles. The molecule has 3 radical (unpaired) electrons. The Bertz CT molecular complexity index is 166. The lowest BCUT2D eigenvalue weighted by Gasteiger charge is -2.26. The van der Waals surface area contributed by atoms with Gasteiger partial charge in [0.1, 0.15) is 10.2 Å². The summed E-state index contributed by atoms with van der Waals surface area (Å²) < 4.78 is 15.9. The molecule has 0 rings (SSSR count). The van der Waals surface area contributed by atoms with E-state index in [1.165, 1.54) is 0 Å². The van der Waals surface area contributed by atoms with Crippen molar-refractivity contribution in [3.8, 4) is 11.5 Å². The highest BCUT2D eigenvalue weighted by atomic mass is 28.1. The second-order valence-electron chi connectivity index (χ2n) is 2.11. The Morgan fingerprint density at radius 2 is 1.38 bits per heavy atom. The van der Waals surface area contributed by atoms with Crippen LogP contribution >= 0.6 is 0 Å². The van der Waals surface area contributed by atoms with Crippen LogP contribution in [0.1, 0.15) is 20.8 Å². The molecule has 4 heteroatoms. The van der Waals surface area contributed by atoms with Gasteiger partial charge in [-0.25, -0.2) is 0 Å². The van der Waals surface area contributed by atoms with Crippen LogP contribution < -0.4 is 0 Å². The third-order valence-electron chi connectivity index (χ3n) is 1.22. The van der Waals surface area contributed by atoms with Crippen LogP contribution in [0, 0.1) is 11.5 Å². The fourth-order valence-corrected chi connectivity index (χ4v) is 1.03. The molecule has 0 N–H and O–H groups in total. The van der Waals surface area contributed by atoms with Gasteiger partial charge in [-0.3, -0.25) is 0 Å². The summed E-state index contributed by atoms with van der Waals surface area (Å²) >= 11 is 0. The fraction of sp³-hybridized carbons (Fsp3) is 0.778. The van der Waals surface area contributed by atoms with Gasteiger partial charge in [0, 0.05) is 0 Å². The van der Waals surface area contributed by atoms with Gasteiger partial charge < -0.3 is 14.2 Å². The first-order valence-corrected chi connectivity index (χ1v) is 4.85. The predicted octanol–water partition coefficient (Wildman–Crippen LogP) is 0.879. The van der Waals surface area contributed by atoms with Crippen molar-refractivity contribution >= 4 is 10.2 Å². The molecule has 0 aliphatic heterocycles. The summed E-state index contributed by atoms with van der Waals surface area (Å²) in [5, 5.41) is 0. The van der Waals surface area contributed by atoms with Crippen molar-refractivity contribution in [3.63, 3.8) is 0 Å². The minimum absolute atomic E-state index is 0.487. The van der Waals surface area contributed by atoms with E-state index in [1.807, 2.05) is 20.8 Å². The van der Waals surface area contributed by atoms with Crippen LogP contribution in [0.3, 0.4) is 0 Å². The lowest BCUT2D eigenvalue weighted by Crippen LogP contribution is -2.38. The molecular formula is C9H15O3Si. The maximum absolute atomic E-state index is 5.30. The van der Waals surface area contributed by atoms with Gasteiger partial charge in [-0.05, 0) is 26.7 Å². The standard InChI is InChI=1S/C9H15O3Si/c1-4-10-9(7-8-13,11-5-2)12-6-3/h4-6H2,1-3H3. The highest BCUT2D eigenvalue weighted by Gasteiger charge is 2.29. The van der Waals surface area contributed by atoms with Crippen LogP contribution in [0.4, 0.5) is 0 Å². The third-order valence-corrected chi connectivity index (χ3v) is 1.34. The topological polar surface area (TPSA) is 27.7 Å². The van der Waals surface area contributed by atoms with Gasteiger partial charge in [0.25, 0.3) is 0 Å². The van der Waals surface area contributed by atoms with Crippen molar-refractivity contribution in [1.82, 2.24) is 0 Å². The van der Waals surface area contributed by atoms with Gasteiger partial charge in [-0.2, -0.15) is 0 Å². The number of hydrogen-bond acceptors (Lipinski definition) is 3. The van der Waals surface area contributed by atoms with Gasteiger partial charge in [-0.15, -0.1) is 5.54 Å². The molecule has 0 amide bonds. The lowest BCUT2D eigenvalue weighted by molar-refractivity contribution is -0.338. The summed E-state index contributed by atoms with van der Waals surface area (Å²) in [6.45, 7) is 7.05. The van der Waals surface area contributed by atoms with Crippen LogP contribution in [0.5, 0.6) is 0 Å². The lowest BCUT2D eigenvalue weighted by atomic mass is 10.5. The number of hydrogen-bond donors (Lipinski definition) is 0. The van der Waals surface area contributed by atoms with Crippen LogP contribution in [-0.4, -0.2) is 36.0 Å². The molecule has 0 saturated heterocycles. The summed E-state index contributed by atoms with van der Waals surface area (Å²) in [5.74, 6) is 1.49. The summed E-state index contributed by atoms with van der Waals surface area (Å²) in [5.41, 5.74) is 2.54. The zero-order valence-corrected chi connectivity index (χ0v) is 9.35. The zero-order valence-electron chi connectivity index (χ0n) is 8.35. The molecule has 0 bridgehead atoms. The fourth-order valence-electron chi connectivity index (χ4n) is 0.880. The largest absolute Gasteiger partial charge is 0.352 e.